The van der Waals surface area contributed by atoms with Crippen molar-refractivity contribution in [3.8, 4) is 0 Å². The van der Waals surface area contributed by atoms with Crippen molar-refractivity contribution in [3.05, 3.63) is 0 Å². The molecule has 0 N–H and O–H groups in total. The van der Waals surface area contributed by atoms with Crippen LogP contribution in [0.25, 0.3) is 0 Å². The van der Waals surface area contributed by atoms with E-state index in [-0.39, 0.29) is 34.0 Å². The quantitative estimate of drug-likeness (QED) is 0.0450. The van der Waals surface area contributed by atoms with E-state index in [4.69, 9.17) is 0 Å². The van der Waals surface area contributed by atoms with E-state index in [1.807, 2.05) is 0 Å². The van der Waals surface area contributed by atoms with E-state index in [1.165, 1.54) is 205 Å². The first-order valence-electron chi connectivity index (χ1n) is 25.8. The van der Waals surface area contributed by atoms with E-state index in [0.717, 1.165) is 37.5 Å². The van der Waals surface area contributed by atoms with Gasteiger partial charge in [0.2, 0.25) is 0 Å². The number of carboxylic acids is 2. The molecule has 0 aliphatic carbocycles. The van der Waals surface area contributed by atoms with Crippen LogP contribution in [-0.2, 0) is 9.59 Å². The van der Waals surface area contributed by atoms with Gasteiger partial charge in [0, 0.05) is 11.9 Å². The van der Waals surface area contributed by atoms with Crippen LogP contribution in [0.4, 0.5) is 0 Å². The Kier molecular flexibility index (Phi) is 59.7. The third kappa shape index (κ3) is 70.6. The number of carbonyl (C=O) groups excluding carboxylic acids is 2. The van der Waals surface area contributed by atoms with Gasteiger partial charge in [0.05, 0.1) is 0 Å². The monoisotopic (exact) mass is 913 g/mol. The first-order chi connectivity index (χ1) is 27.7. The Morgan fingerprint density at radius 2 is 0.544 bits per heavy atom. The van der Waals surface area contributed by atoms with Crippen molar-refractivity contribution in [2.24, 2.45) is 11.8 Å². The maximum absolute atomic E-state index is 10.2. The van der Waals surface area contributed by atoms with Crippen LogP contribution in [0, 0.1) is 11.8 Å². The topological polar surface area (TPSA) is 80.3 Å². The summed E-state index contributed by atoms with van der Waals surface area (Å²) in [4.78, 5) is 20.4. The Hall–Kier alpha value is -0.261. The van der Waals surface area contributed by atoms with Crippen molar-refractivity contribution in [2.75, 3.05) is 0 Å². The summed E-state index contributed by atoms with van der Waals surface area (Å²) in [6.07, 6.45) is 51.8. The Morgan fingerprint density at radius 3 is 0.772 bits per heavy atom. The van der Waals surface area contributed by atoms with Gasteiger partial charge in [0.15, 0.2) is 0 Å². The fraction of sp³-hybridized carbons (Fsp3) is 0.962. The predicted octanol–water partition coefficient (Wildman–Crippen LogP) is 16.0. The van der Waals surface area contributed by atoms with Crippen LogP contribution < -0.4 is 10.2 Å². The minimum absolute atomic E-state index is 0.0736. The zero-order valence-electron chi connectivity index (χ0n) is 40.0. The number of hydrogen-bond acceptors (Lipinski definition) is 4. The molecule has 0 aliphatic heterocycles. The molecule has 0 rings (SSSR count). The minimum atomic E-state index is -0.904. The van der Waals surface area contributed by atoms with E-state index in [1.54, 1.807) is 21.7 Å². The first-order valence-corrected chi connectivity index (χ1v) is 29.8. The molecule has 0 saturated heterocycles. The summed E-state index contributed by atoms with van der Waals surface area (Å²) in [5.74, 6) is -0.0830. The Bertz CT molecular complexity index is 680. The number of rotatable bonds is 44. The molecule has 0 radical (unpaired) electrons. The van der Waals surface area contributed by atoms with Crippen LogP contribution in [0.5, 0.6) is 0 Å². The molecular weight excluding hydrogens is 807 g/mol. The summed E-state index contributed by atoms with van der Waals surface area (Å²) in [5.41, 5.74) is 0. The third-order valence-corrected chi connectivity index (χ3v) is 15.3. The van der Waals surface area contributed by atoms with Crippen LogP contribution in [0.2, 0.25) is 8.87 Å². The summed E-state index contributed by atoms with van der Waals surface area (Å²) in [6, 6.07) is 0. The molecule has 0 aliphatic rings. The molecule has 5 heteroatoms. The van der Waals surface area contributed by atoms with E-state index < -0.39 is 11.9 Å². The number of carbonyl (C=O) groups is 2. The molecule has 0 aromatic rings. The number of carboxylic acid groups (broad SMARTS) is 2. The first kappa shape index (κ1) is 61.0. The van der Waals surface area contributed by atoms with Crippen molar-refractivity contribution >= 4 is 33.1 Å². The van der Waals surface area contributed by atoms with Crippen molar-refractivity contribution in [3.63, 3.8) is 0 Å². The molecule has 340 valence electrons. The van der Waals surface area contributed by atoms with Crippen LogP contribution >= 0.6 is 0 Å². The van der Waals surface area contributed by atoms with Crippen molar-refractivity contribution in [1.29, 1.82) is 0 Å². The molecule has 0 heterocycles. The van der Waals surface area contributed by atoms with Crippen LogP contribution in [0.15, 0.2) is 0 Å². The van der Waals surface area contributed by atoms with Crippen LogP contribution in [-0.4, -0.2) is 33.1 Å². The maximum atomic E-state index is 10.2. The second kappa shape index (κ2) is 55.7. The summed E-state index contributed by atoms with van der Waals surface area (Å²) < 4.78 is 3.31. The average Bonchev–Trinajstić information content (AvgIpc) is 3.17. The fourth-order valence-electron chi connectivity index (χ4n) is 7.37. The molecule has 0 saturated carbocycles. The summed E-state index contributed by atoms with van der Waals surface area (Å²) in [5, 5.41) is 20.4. The van der Waals surface area contributed by atoms with Gasteiger partial charge in [-0.05, 0) is 37.5 Å². The average molecular weight is 912 g/mol. The van der Waals surface area contributed by atoms with Crippen LogP contribution in [0.1, 0.15) is 298 Å². The zero-order valence-corrected chi connectivity index (χ0v) is 42.8. The van der Waals surface area contributed by atoms with Gasteiger partial charge < -0.3 is 19.8 Å². The SMILES string of the molecule is CC(C)CCCCCCCCCCCCCCC(=O)[O-].CC(C)CCCCCCCCCCCCCCC(=O)[O-].CCCCCCC[CH2][Sn+2][CH2]CCCCCCC. The number of unbranched alkanes of at least 4 members (excludes halogenated alkanes) is 32. The van der Waals surface area contributed by atoms with Gasteiger partial charge in [-0.3, -0.25) is 0 Å². The van der Waals surface area contributed by atoms with Gasteiger partial charge >= 0.3 is 121 Å². The van der Waals surface area contributed by atoms with E-state index in [2.05, 4.69) is 41.5 Å². The zero-order chi connectivity index (χ0) is 42.7. The predicted molar refractivity (Wildman–Crippen MR) is 251 cm³/mol. The molecule has 0 bridgehead atoms. The fourth-order valence-corrected chi connectivity index (χ4v) is 10.9. The number of hydrogen-bond donors (Lipinski definition) is 0. The summed E-state index contributed by atoms with van der Waals surface area (Å²) >= 11 is 0.0736. The Balaban J connectivity index is -0.000000771. The summed E-state index contributed by atoms with van der Waals surface area (Å²) in [6.45, 7) is 13.8. The molecule has 0 atom stereocenters. The second-order valence-corrected chi connectivity index (χ2v) is 22.7. The third-order valence-electron chi connectivity index (χ3n) is 11.2. The number of aliphatic carboxylic acids is 2. The molecule has 4 nitrogen and oxygen atoms in total. The van der Waals surface area contributed by atoms with Crippen molar-refractivity contribution in [1.82, 2.24) is 0 Å². The van der Waals surface area contributed by atoms with Gasteiger partial charge in [0.25, 0.3) is 0 Å². The van der Waals surface area contributed by atoms with E-state index in [0.29, 0.717) is 0 Å². The van der Waals surface area contributed by atoms with Crippen molar-refractivity contribution in [2.45, 2.75) is 307 Å². The normalized spacial score (nSPS) is 10.9. The van der Waals surface area contributed by atoms with Gasteiger partial charge in [-0.25, -0.2) is 0 Å². The molecule has 0 fully saturated rings. The van der Waals surface area contributed by atoms with Gasteiger partial charge in [0.1, 0.15) is 0 Å². The van der Waals surface area contributed by atoms with Gasteiger partial charge in [-0.2, -0.15) is 0 Å². The van der Waals surface area contributed by atoms with Gasteiger partial charge in [-0.15, -0.1) is 0 Å². The molecule has 57 heavy (non-hydrogen) atoms. The molecule has 0 spiro atoms. The van der Waals surface area contributed by atoms with E-state index >= 15 is 0 Å². The molecule has 0 amide bonds. The Morgan fingerprint density at radius 1 is 0.333 bits per heavy atom. The Labute approximate surface area is 370 Å². The second-order valence-electron chi connectivity index (χ2n) is 18.4. The van der Waals surface area contributed by atoms with Crippen molar-refractivity contribution < 1.29 is 19.8 Å². The molecule has 0 aromatic carbocycles. The molecule has 0 aromatic heterocycles. The van der Waals surface area contributed by atoms with E-state index in [9.17, 15) is 19.8 Å². The standard InChI is InChI=1S/2C18H36O2.2C8H17.Sn/c2*1-17(2)15-13-11-9-7-5-3-4-6-8-10-12-14-16-18(19)20;2*1-3-5-7-8-6-4-2;/h2*17H,3-16H2,1-2H3,(H,19,20);2*1,3-8H2,2H3;/q;;;;+2/p-2. The van der Waals surface area contributed by atoms with Gasteiger partial charge in [-0.1, -0.05) is 182 Å². The molecule has 0 unspecified atom stereocenters. The van der Waals surface area contributed by atoms with Crippen LogP contribution in [0.3, 0.4) is 0 Å². The summed E-state index contributed by atoms with van der Waals surface area (Å²) in [7, 11) is 0. The molecular formula is C52H104O4Sn.